The van der Waals surface area contributed by atoms with Gasteiger partial charge in [-0.3, -0.25) is 9.59 Å². The van der Waals surface area contributed by atoms with Crippen LogP contribution in [0.25, 0.3) is 0 Å². The zero-order valence-corrected chi connectivity index (χ0v) is 12.9. The summed E-state index contributed by atoms with van der Waals surface area (Å²) in [6.07, 6.45) is 6.37. The molecule has 2 aliphatic rings. The van der Waals surface area contributed by atoms with Gasteiger partial charge in [-0.15, -0.1) is 0 Å². The zero-order chi connectivity index (χ0) is 15.3. The minimum Gasteiger partial charge on any atom is -0.481 e. The van der Waals surface area contributed by atoms with Gasteiger partial charge in [0.05, 0.1) is 5.92 Å². The number of carboxylic acid groups (broad SMARTS) is 1. The maximum atomic E-state index is 12.2. The Labute approximate surface area is 126 Å². The van der Waals surface area contributed by atoms with E-state index < -0.39 is 5.97 Å². The SMILES string of the molecule is CCOCCC1(CNC(=O)[C@@H]2CC[C@H](C(=O)O)C2)CCC1. The molecule has 1 amide bonds. The quantitative estimate of drug-likeness (QED) is 0.673. The van der Waals surface area contributed by atoms with Gasteiger partial charge in [0, 0.05) is 25.7 Å². The van der Waals surface area contributed by atoms with Gasteiger partial charge in [-0.05, 0) is 50.9 Å². The molecule has 120 valence electrons. The van der Waals surface area contributed by atoms with Crippen LogP contribution in [-0.4, -0.2) is 36.7 Å². The van der Waals surface area contributed by atoms with E-state index in [0.717, 1.165) is 32.5 Å². The minimum absolute atomic E-state index is 0.0430. The fourth-order valence-corrected chi connectivity index (χ4v) is 3.49. The van der Waals surface area contributed by atoms with Gasteiger partial charge in [-0.2, -0.15) is 0 Å². The van der Waals surface area contributed by atoms with E-state index in [-0.39, 0.29) is 23.2 Å². The van der Waals surface area contributed by atoms with Crippen LogP contribution in [0, 0.1) is 17.3 Å². The summed E-state index contributed by atoms with van der Waals surface area (Å²) in [5.74, 6) is -1.18. The average Bonchev–Trinajstić information content (AvgIpc) is 2.90. The number of carbonyl (C=O) groups excluding carboxylic acids is 1. The number of nitrogens with one attached hydrogen (secondary N) is 1. The standard InChI is InChI=1S/C16H27NO4/c1-2-21-9-8-16(6-3-7-16)11-17-14(18)12-4-5-13(10-12)15(19)20/h12-13H,2-11H2,1H3,(H,17,18)(H,19,20)/t12-,13+/m1/s1. The van der Waals surface area contributed by atoms with E-state index in [1.165, 1.54) is 6.42 Å². The van der Waals surface area contributed by atoms with E-state index >= 15 is 0 Å². The Morgan fingerprint density at radius 1 is 1.29 bits per heavy atom. The molecule has 0 unspecified atom stereocenters. The third kappa shape index (κ3) is 4.19. The Hall–Kier alpha value is -1.10. The number of hydrogen-bond donors (Lipinski definition) is 2. The van der Waals surface area contributed by atoms with Crippen molar-refractivity contribution < 1.29 is 19.4 Å². The van der Waals surface area contributed by atoms with Gasteiger partial charge in [0.2, 0.25) is 5.91 Å². The summed E-state index contributed by atoms with van der Waals surface area (Å²) in [5, 5.41) is 12.1. The van der Waals surface area contributed by atoms with Crippen LogP contribution in [0.15, 0.2) is 0 Å². The van der Waals surface area contributed by atoms with Crippen LogP contribution in [-0.2, 0) is 14.3 Å². The molecule has 5 heteroatoms. The summed E-state index contributed by atoms with van der Waals surface area (Å²) in [6.45, 7) is 4.21. The van der Waals surface area contributed by atoms with Crippen LogP contribution >= 0.6 is 0 Å². The Morgan fingerprint density at radius 3 is 2.52 bits per heavy atom. The fourth-order valence-electron chi connectivity index (χ4n) is 3.49. The van der Waals surface area contributed by atoms with Gasteiger partial charge < -0.3 is 15.2 Å². The molecule has 0 aromatic heterocycles. The lowest BCUT2D eigenvalue weighted by Gasteiger charge is -2.42. The maximum Gasteiger partial charge on any atom is 0.306 e. The summed E-state index contributed by atoms with van der Waals surface area (Å²) in [5.41, 5.74) is 0.218. The number of carboxylic acids is 1. The number of hydrogen-bond acceptors (Lipinski definition) is 3. The molecule has 2 atom stereocenters. The third-order valence-electron chi connectivity index (χ3n) is 5.19. The lowest BCUT2D eigenvalue weighted by Crippen LogP contribution is -2.44. The molecule has 0 spiro atoms. The van der Waals surface area contributed by atoms with E-state index in [2.05, 4.69) is 5.32 Å². The summed E-state index contributed by atoms with van der Waals surface area (Å²) < 4.78 is 5.43. The highest BCUT2D eigenvalue weighted by Gasteiger charge is 2.38. The molecule has 5 nitrogen and oxygen atoms in total. The second-order valence-corrected chi connectivity index (χ2v) is 6.56. The second-order valence-electron chi connectivity index (χ2n) is 6.56. The highest BCUT2D eigenvalue weighted by atomic mass is 16.5. The lowest BCUT2D eigenvalue weighted by atomic mass is 9.66. The van der Waals surface area contributed by atoms with Gasteiger partial charge in [0.15, 0.2) is 0 Å². The molecule has 0 aromatic rings. The van der Waals surface area contributed by atoms with E-state index in [4.69, 9.17) is 9.84 Å². The molecule has 0 radical (unpaired) electrons. The Balaban J connectivity index is 1.74. The molecule has 0 saturated heterocycles. The van der Waals surface area contributed by atoms with Crippen molar-refractivity contribution in [3.63, 3.8) is 0 Å². The van der Waals surface area contributed by atoms with Crippen molar-refractivity contribution in [1.29, 1.82) is 0 Å². The number of rotatable bonds is 8. The van der Waals surface area contributed by atoms with Crippen LogP contribution < -0.4 is 5.32 Å². The van der Waals surface area contributed by atoms with Crippen molar-refractivity contribution in [1.82, 2.24) is 5.32 Å². The number of ether oxygens (including phenoxy) is 1. The first-order valence-corrected chi connectivity index (χ1v) is 8.14. The number of amides is 1. The van der Waals surface area contributed by atoms with Gasteiger partial charge in [0.25, 0.3) is 0 Å². The van der Waals surface area contributed by atoms with Crippen LogP contribution in [0.5, 0.6) is 0 Å². The van der Waals surface area contributed by atoms with Crippen LogP contribution in [0.1, 0.15) is 51.9 Å². The molecule has 21 heavy (non-hydrogen) atoms. The molecule has 0 heterocycles. The van der Waals surface area contributed by atoms with Crippen molar-refractivity contribution in [2.24, 2.45) is 17.3 Å². The highest BCUT2D eigenvalue weighted by molar-refractivity contribution is 5.80. The Bertz CT molecular complexity index is 378. The average molecular weight is 297 g/mol. The Morgan fingerprint density at radius 2 is 2.00 bits per heavy atom. The molecular weight excluding hydrogens is 270 g/mol. The maximum absolute atomic E-state index is 12.2. The molecule has 2 rings (SSSR count). The predicted molar refractivity (Wildman–Crippen MR) is 78.9 cm³/mol. The first-order valence-electron chi connectivity index (χ1n) is 8.14. The van der Waals surface area contributed by atoms with Gasteiger partial charge in [-0.25, -0.2) is 0 Å². The van der Waals surface area contributed by atoms with Crippen LogP contribution in [0.2, 0.25) is 0 Å². The molecule has 0 aliphatic heterocycles. The molecule has 2 N–H and O–H groups in total. The molecule has 2 saturated carbocycles. The number of aliphatic carboxylic acids is 1. The lowest BCUT2D eigenvalue weighted by molar-refractivity contribution is -0.141. The second kappa shape index (κ2) is 7.25. The van der Waals surface area contributed by atoms with E-state index in [1.54, 1.807) is 0 Å². The fraction of sp³-hybridized carbons (Fsp3) is 0.875. The van der Waals surface area contributed by atoms with Crippen LogP contribution in [0.3, 0.4) is 0 Å². The first kappa shape index (κ1) is 16.3. The molecule has 2 fully saturated rings. The van der Waals surface area contributed by atoms with Crippen LogP contribution in [0.4, 0.5) is 0 Å². The van der Waals surface area contributed by atoms with Crippen molar-refractivity contribution in [2.45, 2.75) is 51.9 Å². The van der Waals surface area contributed by atoms with Gasteiger partial charge in [0.1, 0.15) is 0 Å². The van der Waals surface area contributed by atoms with E-state index in [1.807, 2.05) is 6.92 Å². The van der Waals surface area contributed by atoms with Crippen molar-refractivity contribution >= 4 is 11.9 Å². The summed E-state index contributed by atoms with van der Waals surface area (Å²) in [6, 6.07) is 0. The first-order chi connectivity index (χ1) is 10.1. The zero-order valence-electron chi connectivity index (χ0n) is 12.9. The summed E-state index contributed by atoms with van der Waals surface area (Å²) in [7, 11) is 0. The van der Waals surface area contributed by atoms with E-state index in [9.17, 15) is 9.59 Å². The molecule has 0 bridgehead atoms. The monoisotopic (exact) mass is 297 g/mol. The molecule has 0 aromatic carbocycles. The highest BCUT2D eigenvalue weighted by Crippen LogP contribution is 2.43. The van der Waals surface area contributed by atoms with Gasteiger partial charge >= 0.3 is 5.97 Å². The van der Waals surface area contributed by atoms with Crippen molar-refractivity contribution in [3.05, 3.63) is 0 Å². The topological polar surface area (TPSA) is 75.6 Å². The van der Waals surface area contributed by atoms with Crippen molar-refractivity contribution in [2.75, 3.05) is 19.8 Å². The predicted octanol–water partition coefficient (Wildman–Crippen LogP) is 2.20. The number of carbonyl (C=O) groups is 2. The summed E-state index contributed by atoms with van der Waals surface area (Å²) in [4.78, 5) is 23.1. The molecular formula is C16H27NO4. The Kier molecular flexibility index (Phi) is 5.62. The minimum atomic E-state index is -0.766. The largest absolute Gasteiger partial charge is 0.481 e. The van der Waals surface area contributed by atoms with Crippen molar-refractivity contribution in [3.8, 4) is 0 Å². The third-order valence-corrected chi connectivity index (χ3v) is 5.19. The smallest absolute Gasteiger partial charge is 0.306 e. The molecule has 2 aliphatic carbocycles. The van der Waals surface area contributed by atoms with E-state index in [0.29, 0.717) is 25.8 Å². The summed E-state index contributed by atoms with van der Waals surface area (Å²) >= 11 is 0. The normalized spacial score (nSPS) is 27.1. The van der Waals surface area contributed by atoms with Gasteiger partial charge in [-0.1, -0.05) is 6.42 Å².